The standard InChI is InChI=1S/C11H17N3O3S/c12-18(15,16)10-7-13-14(8-10)9-2-5-17-11(6-9)3-1-4-11/h7-9H,1-6H2,(H2,12,15,16). The van der Waals surface area contributed by atoms with Gasteiger partial charge in [0.15, 0.2) is 0 Å². The van der Waals surface area contributed by atoms with Crippen molar-refractivity contribution in [1.82, 2.24) is 9.78 Å². The molecule has 0 radical (unpaired) electrons. The lowest BCUT2D eigenvalue weighted by atomic mass is 9.74. The summed E-state index contributed by atoms with van der Waals surface area (Å²) >= 11 is 0. The van der Waals surface area contributed by atoms with Crippen molar-refractivity contribution in [1.29, 1.82) is 0 Å². The highest BCUT2D eigenvalue weighted by molar-refractivity contribution is 7.89. The van der Waals surface area contributed by atoms with Crippen molar-refractivity contribution >= 4 is 10.0 Å². The lowest BCUT2D eigenvalue weighted by Crippen LogP contribution is -2.46. The van der Waals surface area contributed by atoms with E-state index < -0.39 is 10.0 Å². The molecule has 1 aliphatic heterocycles. The second kappa shape index (κ2) is 4.04. The van der Waals surface area contributed by atoms with Crippen LogP contribution in [0.3, 0.4) is 0 Å². The van der Waals surface area contributed by atoms with Gasteiger partial charge in [-0.25, -0.2) is 13.6 Å². The van der Waals surface area contributed by atoms with Crippen LogP contribution in [0.15, 0.2) is 17.3 Å². The van der Waals surface area contributed by atoms with Crippen LogP contribution in [0.2, 0.25) is 0 Å². The van der Waals surface area contributed by atoms with Gasteiger partial charge in [-0.2, -0.15) is 5.10 Å². The molecule has 2 aliphatic rings. The third kappa shape index (κ3) is 2.06. The van der Waals surface area contributed by atoms with E-state index in [1.54, 1.807) is 4.68 Å². The van der Waals surface area contributed by atoms with E-state index in [4.69, 9.17) is 9.88 Å². The number of hydrogen-bond donors (Lipinski definition) is 1. The van der Waals surface area contributed by atoms with Gasteiger partial charge in [0.05, 0.1) is 17.8 Å². The van der Waals surface area contributed by atoms with Crippen LogP contribution in [-0.2, 0) is 14.8 Å². The summed E-state index contributed by atoms with van der Waals surface area (Å²) in [6.45, 7) is 0.717. The lowest BCUT2D eigenvalue weighted by Gasteiger charge is -2.47. The monoisotopic (exact) mass is 271 g/mol. The van der Waals surface area contributed by atoms with E-state index in [1.165, 1.54) is 18.8 Å². The van der Waals surface area contributed by atoms with Crippen molar-refractivity contribution in [2.45, 2.75) is 48.6 Å². The summed E-state index contributed by atoms with van der Waals surface area (Å²) in [6.07, 6.45) is 8.05. The van der Waals surface area contributed by atoms with Gasteiger partial charge in [0.1, 0.15) is 4.90 Å². The Balaban J connectivity index is 1.80. The highest BCUT2D eigenvalue weighted by Gasteiger charge is 2.43. The summed E-state index contributed by atoms with van der Waals surface area (Å²) in [7, 11) is -3.66. The average molecular weight is 271 g/mol. The number of ether oxygens (including phenoxy) is 1. The van der Waals surface area contributed by atoms with Crippen LogP contribution in [0.4, 0.5) is 0 Å². The van der Waals surface area contributed by atoms with Crippen LogP contribution in [0.25, 0.3) is 0 Å². The molecule has 2 fully saturated rings. The smallest absolute Gasteiger partial charge is 0.241 e. The Kier molecular flexibility index (Phi) is 2.72. The zero-order valence-corrected chi connectivity index (χ0v) is 10.9. The van der Waals surface area contributed by atoms with Crippen molar-refractivity contribution in [3.05, 3.63) is 12.4 Å². The quantitative estimate of drug-likeness (QED) is 0.862. The molecule has 18 heavy (non-hydrogen) atoms. The maximum atomic E-state index is 11.2. The molecule has 2 heterocycles. The van der Waals surface area contributed by atoms with Gasteiger partial charge >= 0.3 is 0 Å². The first-order valence-electron chi connectivity index (χ1n) is 6.20. The molecule has 1 spiro atoms. The normalized spacial score (nSPS) is 27.1. The van der Waals surface area contributed by atoms with E-state index in [0.717, 1.165) is 32.3 Å². The Morgan fingerprint density at radius 3 is 2.83 bits per heavy atom. The first-order chi connectivity index (χ1) is 8.49. The van der Waals surface area contributed by atoms with Crippen molar-refractivity contribution in [3.63, 3.8) is 0 Å². The molecule has 1 unspecified atom stereocenters. The minimum absolute atomic E-state index is 0.0244. The summed E-state index contributed by atoms with van der Waals surface area (Å²) in [5.41, 5.74) is 0.0244. The Labute approximate surface area is 106 Å². The molecule has 2 N–H and O–H groups in total. The highest BCUT2D eigenvalue weighted by atomic mass is 32.2. The second-order valence-corrected chi connectivity index (χ2v) is 6.79. The molecule has 3 rings (SSSR count). The molecule has 1 saturated heterocycles. The van der Waals surface area contributed by atoms with Crippen molar-refractivity contribution in [3.8, 4) is 0 Å². The Morgan fingerprint density at radius 1 is 1.50 bits per heavy atom. The Morgan fingerprint density at radius 2 is 2.28 bits per heavy atom. The van der Waals surface area contributed by atoms with Crippen LogP contribution < -0.4 is 5.14 Å². The van der Waals surface area contributed by atoms with Gasteiger partial charge in [-0.05, 0) is 32.1 Å². The molecule has 6 nitrogen and oxygen atoms in total. The van der Waals surface area contributed by atoms with Gasteiger partial charge in [0, 0.05) is 12.8 Å². The number of nitrogens with two attached hydrogens (primary N) is 1. The topological polar surface area (TPSA) is 87.2 Å². The molecule has 100 valence electrons. The van der Waals surface area contributed by atoms with Crippen molar-refractivity contribution < 1.29 is 13.2 Å². The number of rotatable bonds is 2. The van der Waals surface area contributed by atoms with Gasteiger partial charge in [0.25, 0.3) is 0 Å². The molecule has 0 amide bonds. The van der Waals surface area contributed by atoms with Gasteiger partial charge in [-0.15, -0.1) is 0 Å². The molecule has 1 atom stereocenters. The Bertz CT molecular complexity index is 548. The predicted molar refractivity (Wildman–Crippen MR) is 64.4 cm³/mol. The lowest BCUT2D eigenvalue weighted by molar-refractivity contribution is -0.141. The van der Waals surface area contributed by atoms with Crippen molar-refractivity contribution in [2.75, 3.05) is 6.61 Å². The van der Waals surface area contributed by atoms with Crippen LogP contribution in [0, 0.1) is 0 Å². The number of sulfonamides is 1. The van der Waals surface area contributed by atoms with Gasteiger partial charge in [-0.1, -0.05) is 0 Å². The minimum atomic E-state index is -3.66. The third-order valence-electron chi connectivity index (χ3n) is 4.01. The van der Waals surface area contributed by atoms with Gasteiger partial charge < -0.3 is 4.74 Å². The SMILES string of the molecule is NS(=O)(=O)c1cnn(C2CCOC3(CCC3)C2)c1. The number of hydrogen-bond acceptors (Lipinski definition) is 4. The molecule has 1 aromatic heterocycles. The molecule has 1 aromatic rings. The molecule has 1 aliphatic carbocycles. The van der Waals surface area contributed by atoms with E-state index >= 15 is 0 Å². The summed E-state index contributed by atoms with van der Waals surface area (Å²) in [5, 5.41) is 9.22. The maximum Gasteiger partial charge on any atom is 0.241 e. The zero-order chi connectivity index (χ0) is 12.8. The van der Waals surface area contributed by atoms with E-state index in [0.29, 0.717) is 0 Å². The van der Waals surface area contributed by atoms with Crippen molar-refractivity contribution in [2.24, 2.45) is 5.14 Å². The van der Waals surface area contributed by atoms with Crippen LogP contribution in [-0.4, -0.2) is 30.4 Å². The van der Waals surface area contributed by atoms with Gasteiger partial charge in [0.2, 0.25) is 10.0 Å². The minimum Gasteiger partial charge on any atom is -0.375 e. The van der Waals surface area contributed by atoms with Gasteiger partial charge in [-0.3, -0.25) is 4.68 Å². The summed E-state index contributed by atoms with van der Waals surface area (Å²) in [5.74, 6) is 0. The zero-order valence-electron chi connectivity index (χ0n) is 10.1. The van der Waals surface area contributed by atoms with E-state index in [1.807, 2.05) is 0 Å². The summed E-state index contributed by atoms with van der Waals surface area (Å²) in [6, 6.07) is 0.217. The fourth-order valence-corrected chi connectivity index (χ4v) is 3.26. The van der Waals surface area contributed by atoms with E-state index in [2.05, 4.69) is 5.10 Å². The van der Waals surface area contributed by atoms with Crippen LogP contribution in [0.5, 0.6) is 0 Å². The first kappa shape index (κ1) is 12.1. The molecule has 0 bridgehead atoms. The highest BCUT2D eigenvalue weighted by Crippen LogP contribution is 2.45. The van der Waals surface area contributed by atoms with Crippen LogP contribution >= 0.6 is 0 Å². The average Bonchev–Trinajstić information content (AvgIpc) is 2.76. The first-order valence-corrected chi connectivity index (χ1v) is 7.74. The second-order valence-electron chi connectivity index (χ2n) is 5.23. The number of nitrogens with zero attached hydrogens (tertiary/aromatic N) is 2. The third-order valence-corrected chi connectivity index (χ3v) is 4.88. The fraction of sp³-hybridized carbons (Fsp3) is 0.727. The molecule has 7 heteroatoms. The molecule has 0 aromatic carbocycles. The number of aromatic nitrogens is 2. The van der Waals surface area contributed by atoms with Crippen LogP contribution in [0.1, 0.15) is 38.1 Å². The van der Waals surface area contributed by atoms with E-state index in [-0.39, 0.29) is 16.5 Å². The Hall–Kier alpha value is -0.920. The summed E-state index contributed by atoms with van der Waals surface area (Å²) < 4.78 is 30.0. The fourth-order valence-electron chi connectivity index (χ4n) is 2.81. The molecular weight excluding hydrogens is 254 g/mol. The summed E-state index contributed by atoms with van der Waals surface area (Å²) in [4.78, 5) is 0.0802. The predicted octanol–water partition coefficient (Wildman–Crippen LogP) is 0.805. The van der Waals surface area contributed by atoms with E-state index in [9.17, 15) is 8.42 Å². The number of primary sulfonamides is 1. The molecular formula is C11H17N3O3S. The molecule has 1 saturated carbocycles. The largest absolute Gasteiger partial charge is 0.375 e. The maximum absolute atomic E-state index is 11.2.